The predicted octanol–water partition coefficient (Wildman–Crippen LogP) is 2.18. The minimum absolute atomic E-state index is 0.406. The summed E-state index contributed by atoms with van der Waals surface area (Å²) in [5.41, 5.74) is 3.57. The van der Waals surface area contributed by atoms with Crippen LogP contribution in [0.1, 0.15) is 5.69 Å². The van der Waals surface area contributed by atoms with Crippen LogP contribution in [0.4, 0.5) is 16.4 Å². The smallest absolute Gasteiger partial charge is 0.268 e. The van der Waals surface area contributed by atoms with Crippen molar-refractivity contribution in [2.75, 3.05) is 10.0 Å². The lowest BCUT2D eigenvalue weighted by Gasteiger charge is -2.32. The van der Waals surface area contributed by atoms with Gasteiger partial charge in [0.25, 0.3) is 0 Å². The van der Waals surface area contributed by atoms with Gasteiger partial charge in [0.05, 0.1) is 0 Å². The number of anilines is 2. The first kappa shape index (κ1) is 14.8. The van der Waals surface area contributed by atoms with E-state index in [4.69, 9.17) is 0 Å². The van der Waals surface area contributed by atoms with Crippen LogP contribution in [0.15, 0.2) is 78.3 Å². The van der Waals surface area contributed by atoms with Crippen LogP contribution >= 0.6 is 0 Å². The van der Waals surface area contributed by atoms with E-state index in [1.54, 1.807) is 61.1 Å². The normalized spacial score (nSPS) is 14.1. The van der Waals surface area contributed by atoms with Crippen molar-refractivity contribution < 1.29 is 4.79 Å². The van der Waals surface area contributed by atoms with Crippen LogP contribution in [-0.4, -0.2) is 26.8 Å². The van der Waals surface area contributed by atoms with Gasteiger partial charge in [0.15, 0.2) is 17.5 Å². The van der Waals surface area contributed by atoms with E-state index in [0.717, 1.165) is 0 Å². The van der Waals surface area contributed by atoms with Gasteiger partial charge in [0.1, 0.15) is 5.69 Å². The molecule has 0 bridgehead atoms. The Labute approximate surface area is 143 Å². The molecule has 0 saturated carbocycles. The minimum Gasteiger partial charge on any atom is -0.268 e. The zero-order chi connectivity index (χ0) is 17.1. The van der Waals surface area contributed by atoms with E-state index < -0.39 is 6.03 Å². The number of carbonyl (C=O) groups excluding carboxylic acids is 1. The molecule has 1 aliphatic heterocycles. The number of hydrazine groups is 1. The summed E-state index contributed by atoms with van der Waals surface area (Å²) in [6.45, 7) is 0. The topological polar surface area (TPSA) is 86.6 Å². The summed E-state index contributed by atoms with van der Waals surface area (Å²) in [6, 6.07) is 15.6. The maximum absolute atomic E-state index is 12.9. The Bertz CT molecular complexity index is 900. The molecular weight excluding hydrogens is 318 g/mol. The van der Waals surface area contributed by atoms with E-state index in [2.05, 4.69) is 25.5 Å². The van der Waals surface area contributed by atoms with Crippen LogP contribution < -0.4 is 15.4 Å². The van der Waals surface area contributed by atoms with Gasteiger partial charge in [0.2, 0.25) is 0 Å². The lowest BCUT2D eigenvalue weighted by Crippen LogP contribution is -2.57. The summed E-state index contributed by atoms with van der Waals surface area (Å²) in [5, 5.41) is 6.90. The van der Waals surface area contributed by atoms with Gasteiger partial charge in [-0.25, -0.2) is 14.8 Å². The average Bonchev–Trinajstić information content (AvgIpc) is 2.70. The van der Waals surface area contributed by atoms with E-state index in [1.165, 1.54) is 10.0 Å². The first-order chi connectivity index (χ1) is 12.3. The van der Waals surface area contributed by atoms with Crippen LogP contribution in [-0.2, 0) is 0 Å². The third-order valence-corrected chi connectivity index (χ3v) is 3.44. The van der Waals surface area contributed by atoms with E-state index >= 15 is 0 Å². The van der Waals surface area contributed by atoms with Crippen molar-refractivity contribution in [3.05, 3.63) is 78.9 Å². The molecule has 1 N–H and O–H groups in total. The Morgan fingerprint density at radius 2 is 1.40 bits per heavy atom. The number of amides is 2. The molecule has 1 aliphatic rings. The molecule has 0 aliphatic carbocycles. The molecule has 4 heterocycles. The number of amidine groups is 1. The molecule has 8 heteroatoms. The van der Waals surface area contributed by atoms with Crippen molar-refractivity contribution in [1.29, 1.82) is 0 Å². The van der Waals surface area contributed by atoms with Crippen molar-refractivity contribution in [2.24, 2.45) is 5.10 Å². The molecule has 8 nitrogen and oxygen atoms in total. The van der Waals surface area contributed by atoms with E-state index in [9.17, 15) is 4.79 Å². The Kier molecular flexibility index (Phi) is 3.76. The maximum atomic E-state index is 12.9. The van der Waals surface area contributed by atoms with Gasteiger partial charge < -0.3 is 0 Å². The highest BCUT2D eigenvalue weighted by Crippen LogP contribution is 2.20. The zero-order valence-corrected chi connectivity index (χ0v) is 13.0. The number of nitrogens with one attached hydrogen (secondary N) is 1. The zero-order valence-electron chi connectivity index (χ0n) is 13.0. The summed E-state index contributed by atoms with van der Waals surface area (Å²) in [7, 11) is 0. The average molecular weight is 331 g/mol. The molecule has 4 rings (SSSR count). The quantitative estimate of drug-likeness (QED) is 0.795. The van der Waals surface area contributed by atoms with Gasteiger partial charge in [-0.15, -0.1) is 5.10 Å². The first-order valence-electron chi connectivity index (χ1n) is 7.56. The van der Waals surface area contributed by atoms with Gasteiger partial charge in [-0.2, -0.15) is 10.0 Å². The number of hydrogen-bond acceptors (Lipinski definition) is 6. The van der Waals surface area contributed by atoms with Crippen LogP contribution in [0.5, 0.6) is 0 Å². The number of aromatic nitrogens is 3. The molecule has 0 radical (unpaired) electrons. The molecule has 0 saturated heterocycles. The predicted molar refractivity (Wildman–Crippen MR) is 92.7 cm³/mol. The molecule has 0 atom stereocenters. The van der Waals surface area contributed by atoms with Crippen molar-refractivity contribution in [3.63, 3.8) is 0 Å². The highest BCUT2D eigenvalue weighted by atomic mass is 16.2. The van der Waals surface area contributed by atoms with E-state index in [0.29, 0.717) is 23.2 Å². The Morgan fingerprint density at radius 1 is 0.760 bits per heavy atom. The third-order valence-electron chi connectivity index (χ3n) is 3.44. The summed E-state index contributed by atoms with van der Waals surface area (Å²) in [4.78, 5) is 25.6. The van der Waals surface area contributed by atoms with Crippen molar-refractivity contribution in [2.45, 2.75) is 0 Å². The number of hydrazone groups is 1. The first-order valence-corrected chi connectivity index (χ1v) is 7.56. The summed E-state index contributed by atoms with van der Waals surface area (Å²) < 4.78 is 0. The standard InChI is InChI=1S/C17H13N7O/c25-17-23(14-8-2-5-11-19-14)21-16(13-7-1-4-10-18-13)22-24(17)15-9-3-6-12-20-15/h1-12H,(H,21,22). The fraction of sp³-hybridized carbons (Fsp3) is 0. The van der Waals surface area contributed by atoms with E-state index in [-0.39, 0.29) is 0 Å². The highest BCUT2D eigenvalue weighted by molar-refractivity contribution is 6.11. The molecule has 3 aromatic rings. The number of hydrogen-bond donors (Lipinski definition) is 1. The fourth-order valence-electron chi connectivity index (χ4n) is 2.29. The lowest BCUT2D eigenvalue weighted by molar-refractivity contribution is 0.249. The molecule has 25 heavy (non-hydrogen) atoms. The molecule has 0 aromatic carbocycles. The van der Waals surface area contributed by atoms with Crippen LogP contribution in [0, 0.1) is 0 Å². The third kappa shape index (κ3) is 2.88. The number of urea groups is 1. The van der Waals surface area contributed by atoms with Gasteiger partial charge in [-0.3, -0.25) is 10.4 Å². The van der Waals surface area contributed by atoms with E-state index in [1.807, 2.05) is 12.1 Å². The number of carbonyl (C=O) groups is 1. The monoisotopic (exact) mass is 331 g/mol. The van der Waals surface area contributed by atoms with Crippen molar-refractivity contribution >= 4 is 23.5 Å². The van der Waals surface area contributed by atoms with Crippen molar-refractivity contribution in [1.82, 2.24) is 20.4 Å². The summed E-state index contributed by atoms with van der Waals surface area (Å²) in [5.74, 6) is 1.26. The molecule has 0 fully saturated rings. The Balaban J connectivity index is 1.80. The summed E-state index contributed by atoms with van der Waals surface area (Å²) in [6.07, 6.45) is 4.87. The number of rotatable bonds is 3. The van der Waals surface area contributed by atoms with Gasteiger partial charge in [-0.05, 0) is 36.4 Å². The van der Waals surface area contributed by atoms with Crippen LogP contribution in [0.3, 0.4) is 0 Å². The maximum Gasteiger partial charge on any atom is 0.371 e. The summed E-state index contributed by atoms with van der Waals surface area (Å²) >= 11 is 0. The van der Waals surface area contributed by atoms with Gasteiger partial charge in [0, 0.05) is 18.6 Å². The second kappa shape index (κ2) is 6.36. The highest BCUT2D eigenvalue weighted by Gasteiger charge is 2.32. The second-order valence-electron chi connectivity index (χ2n) is 5.08. The van der Waals surface area contributed by atoms with Crippen LogP contribution in [0.25, 0.3) is 0 Å². The van der Waals surface area contributed by atoms with Gasteiger partial charge >= 0.3 is 6.03 Å². The minimum atomic E-state index is -0.419. The van der Waals surface area contributed by atoms with Gasteiger partial charge in [-0.1, -0.05) is 18.2 Å². The number of nitrogens with zero attached hydrogens (tertiary/aromatic N) is 6. The number of pyridine rings is 3. The fourth-order valence-corrected chi connectivity index (χ4v) is 2.29. The molecule has 2 amide bonds. The van der Waals surface area contributed by atoms with Crippen molar-refractivity contribution in [3.8, 4) is 0 Å². The SMILES string of the molecule is O=C1N(c2ccccn2)N=C(c2ccccn2)NN1c1ccccn1. The lowest BCUT2D eigenvalue weighted by atomic mass is 10.3. The molecule has 0 spiro atoms. The largest absolute Gasteiger partial charge is 0.371 e. The molecule has 0 unspecified atom stereocenters. The second-order valence-corrected chi connectivity index (χ2v) is 5.08. The molecule has 3 aromatic heterocycles. The Hall–Kier alpha value is -3.81. The Morgan fingerprint density at radius 3 is 2.00 bits per heavy atom. The molecule has 122 valence electrons. The van der Waals surface area contributed by atoms with Crippen LogP contribution in [0.2, 0.25) is 0 Å². The molecular formula is C17H13N7O.